The highest BCUT2D eigenvalue weighted by Gasteiger charge is 2.26. The second kappa shape index (κ2) is 7.54. The predicted octanol–water partition coefficient (Wildman–Crippen LogP) is 3.22. The molecular weight excluding hydrogens is 392 g/mol. The fourth-order valence-electron chi connectivity index (χ4n) is 3.70. The third-order valence-corrected chi connectivity index (χ3v) is 5.74. The minimum absolute atomic E-state index is 0.294. The molecule has 0 saturated heterocycles. The molecule has 1 aliphatic rings. The van der Waals surface area contributed by atoms with Crippen molar-refractivity contribution in [2.45, 2.75) is 39.2 Å². The third-order valence-electron chi connectivity index (χ3n) is 5.74. The first kappa shape index (κ1) is 19.3. The lowest BCUT2D eigenvalue weighted by Gasteiger charge is -2.15. The molecule has 0 atom stereocenters. The van der Waals surface area contributed by atoms with Crippen LogP contribution in [0.1, 0.15) is 41.1 Å². The van der Waals surface area contributed by atoms with Crippen LogP contribution >= 0.6 is 0 Å². The number of nitrogens with zero attached hydrogens (tertiary/aromatic N) is 6. The lowest BCUT2D eigenvalue weighted by molar-refractivity contribution is 0.302. The van der Waals surface area contributed by atoms with E-state index in [0.29, 0.717) is 18.2 Å². The average Bonchev–Trinajstić information content (AvgIpc) is 3.40. The summed E-state index contributed by atoms with van der Waals surface area (Å²) in [4.78, 5) is 12.3. The van der Waals surface area contributed by atoms with Gasteiger partial charge in [0.05, 0.1) is 17.1 Å². The molecule has 0 radical (unpaired) electrons. The molecular formula is C23H24N6O2. The Morgan fingerprint density at radius 2 is 1.90 bits per heavy atom. The van der Waals surface area contributed by atoms with Gasteiger partial charge in [-0.25, -0.2) is 9.48 Å². The predicted molar refractivity (Wildman–Crippen MR) is 116 cm³/mol. The smallest absolute Gasteiger partial charge is 0.368 e. The van der Waals surface area contributed by atoms with Crippen LogP contribution < -0.4 is 10.4 Å². The van der Waals surface area contributed by atoms with Crippen LogP contribution in [0.3, 0.4) is 0 Å². The topological polar surface area (TPSA) is 79.8 Å². The summed E-state index contributed by atoms with van der Waals surface area (Å²) >= 11 is 0. The Kier molecular flexibility index (Phi) is 4.69. The summed E-state index contributed by atoms with van der Waals surface area (Å²) in [5.41, 5.74) is 5.51. The SMILES string of the molecule is Cc1cc(-n2ccc(C3CC3)n2)ccc1OCc1c(C)cccc1-n1nnn(C)c1=O. The Bertz CT molecular complexity index is 1310. The molecule has 0 N–H and O–H groups in total. The molecule has 2 aromatic heterocycles. The lowest BCUT2D eigenvalue weighted by atomic mass is 10.1. The van der Waals surface area contributed by atoms with Gasteiger partial charge >= 0.3 is 5.69 Å². The van der Waals surface area contributed by atoms with E-state index in [-0.39, 0.29) is 5.69 Å². The molecule has 0 bridgehead atoms. The van der Waals surface area contributed by atoms with Gasteiger partial charge < -0.3 is 4.74 Å². The summed E-state index contributed by atoms with van der Waals surface area (Å²) in [6, 6.07) is 13.9. The molecule has 158 valence electrons. The van der Waals surface area contributed by atoms with E-state index in [1.807, 2.05) is 55.1 Å². The van der Waals surface area contributed by atoms with Crippen LogP contribution in [0, 0.1) is 13.8 Å². The molecule has 2 heterocycles. The Morgan fingerprint density at radius 1 is 1.06 bits per heavy atom. The summed E-state index contributed by atoms with van der Waals surface area (Å²) in [7, 11) is 1.58. The fourth-order valence-corrected chi connectivity index (χ4v) is 3.70. The van der Waals surface area contributed by atoms with Crippen molar-refractivity contribution in [3.05, 3.63) is 81.5 Å². The quantitative estimate of drug-likeness (QED) is 0.482. The third kappa shape index (κ3) is 3.65. The minimum atomic E-state index is -0.294. The van der Waals surface area contributed by atoms with Crippen molar-refractivity contribution in [1.29, 1.82) is 0 Å². The van der Waals surface area contributed by atoms with Crippen LogP contribution in [0.25, 0.3) is 11.4 Å². The molecule has 0 spiro atoms. The lowest BCUT2D eigenvalue weighted by Crippen LogP contribution is -2.23. The van der Waals surface area contributed by atoms with E-state index in [9.17, 15) is 4.79 Å². The summed E-state index contributed by atoms with van der Waals surface area (Å²) in [6.45, 7) is 4.34. The van der Waals surface area contributed by atoms with E-state index in [4.69, 9.17) is 9.84 Å². The summed E-state index contributed by atoms with van der Waals surface area (Å²) in [6.07, 6.45) is 4.50. The van der Waals surface area contributed by atoms with Crippen molar-refractivity contribution in [1.82, 2.24) is 29.6 Å². The van der Waals surface area contributed by atoms with Crippen molar-refractivity contribution in [2.24, 2.45) is 7.05 Å². The molecule has 8 nitrogen and oxygen atoms in total. The number of ether oxygens (including phenoxy) is 1. The second-order valence-corrected chi connectivity index (χ2v) is 8.07. The Labute approximate surface area is 179 Å². The van der Waals surface area contributed by atoms with Gasteiger partial charge in [0.2, 0.25) is 0 Å². The van der Waals surface area contributed by atoms with Gasteiger partial charge in [-0.1, -0.05) is 12.1 Å². The zero-order valence-corrected chi connectivity index (χ0v) is 17.8. The highest BCUT2D eigenvalue weighted by atomic mass is 16.5. The molecule has 31 heavy (non-hydrogen) atoms. The molecule has 0 amide bonds. The molecule has 8 heteroatoms. The monoisotopic (exact) mass is 416 g/mol. The molecule has 1 saturated carbocycles. The van der Waals surface area contributed by atoms with Gasteiger partial charge in [-0.05, 0) is 78.6 Å². The number of tetrazole rings is 1. The van der Waals surface area contributed by atoms with E-state index < -0.39 is 0 Å². The molecule has 1 aliphatic carbocycles. The van der Waals surface area contributed by atoms with E-state index in [0.717, 1.165) is 28.1 Å². The van der Waals surface area contributed by atoms with Crippen LogP contribution in [0.15, 0.2) is 53.5 Å². The Balaban J connectivity index is 1.39. The first-order valence-electron chi connectivity index (χ1n) is 10.4. The van der Waals surface area contributed by atoms with Crippen LogP contribution in [0.4, 0.5) is 0 Å². The maximum atomic E-state index is 12.3. The molecule has 4 aromatic rings. The number of aryl methyl sites for hydroxylation is 3. The molecule has 0 aliphatic heterocycles. The van der Waals surface area contributed by atoms with Crippen LogP contribution in [-0.4, -0.2) is 29.6 Å². The Hall–Kier alpha value is -3.68. The van der Waals surface area contributed by atoms with Gasteiger partial charge in [-0.3, -0.25) is 0 Å². The standard InChI is InChI=1S/C23H24N6O2/c1-15-5-4-6-21(29-23(30)27(3)25-26-29)19(15)14-31-22-10-9-18(13-16(22)2)28-12-11-20(24-28)17-7-8-17/h4-6,9-13,17H,7-8,14H2,1-3H3. The maximum Gasteiger partial charge on any atom is 0.368 e. The number of benzene rings is 2. The first-order chi connectivity index (χ1) is 15.0. The largest absolute Gasteiger partial charge is 0.489 e. The van der Waals surface area contributed by atoms with Crippen molar-refractivity contribution >= 4 is 0 Å². The van der Waals surface area contributed by atoms with Crippen LogP contribution in [0.5, 0.6) is 5.75 Å². The van der Waals surface area contributed by atoms with Crippen molar-refractivity contribution in [2.75, 3.05) is 0 Å². The number of aromatic nitrogens is 6. The first-order valence-corrected chi connectivity index (χ1v) is 10.4. The summed E-state index contributed by atoms with van der Waals surface area (Å²) in [5.74, 6) is 1.43. The Morgan fingerprint density at radius 3 is 2.61 bits per heavy atom. The molecule has 5 rings (SSSR count). The summed E-state index contributed by atoms with van der Waals surface area (Å²) in [5, 5.41) is 12.5. The van der Waals surface area contributed by atoms with E-state index in [2.05, 4.69) is 22.6 Å². The average molecular weight is 416 g/mol. The fraction of sp³-hybridized carbons (Fsp3) is 0.304. The second-order valence-electron chi connectivity index (χ2n) is 8.07. The number of rotatable bonds is 6. The van der Waals surface area contributed by atoms with Gasteiger partial charge in [-0.15, -0.1) is 0 Å². The normalized spacial score (nSPS) is 13.5. The van der Waals surface area contributed by atoms with E-state index in [1.165, 1.54) is 27.9 Å². The van der Waals surface area contributed by atoms with Gasteiger partial charge in [0.15, 0.2) is 0 Å². The highest BCUT2D eigenvalue weighted by molar-refractivity contribution is 5.46. The zero-order valence-electron chi connectivity index (χ0n) is 17.8. The maximum absolute atomic E-state index is 12.3. The van der Waals surface area contributed by atoms with Crippen LogP contribution in [0.2, 0.25) is 0 Å². The van der Waals surface area contributed by atoms with Gasteiger partial charge in [0.1, 0.15) is 12.4 Å². The summed E-state index contributed by atoms with van der Waals surface area (Å²) < 4.78 is 10.6. The van der Waals surface area contributed by atoms with Crippen LogP contribution in [-0.2, 0) is 13.7 Å². The number of hydrogen-bond acceptors (Lipinski definition) is 5. The van der Waals surface area contributed by atoms with Crippen molar-refractivity contribution < 1.29 is 4.74 Å². The van der Waals surface area contributed by atoms with E-state index >= 15 is 0 Å². The molecule has 0 unspecified atom stereocenters. The zero-order chi connectivity index (χ0) is 21.5. The highest BCUT2D eigenvalue weighted by Crippen LogP contribution is 2.39. The van der Waals surface area contributed by atoms with Gasteiger partial charge in [0.25, 0.3) is 0 Å². The molecule has 2 aromatic carbocycles. The van der Waals surface area contributed by atoms with Crippen molar-refractivity contribution in [3.63, 3.8) is 0 Å². The number of hydrogen-bond donors (Lipinski definition) is 0. The van der Waals surface area contributed by atoms with Gasteiger partial charge in [-0.2, -0.15) is 14.5 Å². The minimum Gasteiger partial charge on any atom is -0.489 e. The van der Waals surface area contributed by atoms with E-state index in [1.54, 1.807) is 7.05 Å². The molecule has 1 fully saturated rings. The van der Waals surface area contributed by atoms with Crippen molar-refractivity contribution in [3.8, 4) is 17.1 Å². The van der Waals surface area contributed by atoms with Gasteiger partial charge in [0, 0.05) is 24.7 Å².